The summed E-state index contributed by atoms with van der Waals surface area (Å²) < 4.78 is 2.12. The molecule has 1 fully saturated rings. The van der Waals surface area contributed by atoms with Gasteiger partial charge in [-0.3, -0.25) is 19.5 Å². The second kappa shape index (κ2) is 10.7. The number of amidine groups is 2. The molecule has 2 aliphatic heterocycles. The van der Waals surface area contributed by atoms with Crippen LogP contribution in [0.15, 0.2) is 35.3 Å². The Morgan fingerprint density at radius 3 is 2.35 bits per heavy atom. The molecule has 7 heteroatoms. The zero-order valence-corrected chi connectivity index (χ0v) is 19.4. The topological polar surface area (TPSA) is 59.2 Å². The number of imide groups is 1. The van der Waals surface area contributed by atoms with Crippen LogP contribution in [-0.4, -0.2) is 83.2 Å². The van der Waals surface area contributed by atoms with E-state index in [1.54, 1.807) is 14.1 Å². The molecule has 1 unspecified atom stereocenters. The third kappa shape index (κ3) is 5.39. The lowest BCUT2D eigenvalue weighted by Gasteiger charge is -2.30. The molecule has 0 aliphatic carbocycles. The summed E-state index contributed by atoms with van der Waals surface area (Å²) in [7, 11) is 5.32. The van der Waals surface area contributed by atoms with E-state index in [-0.39, 0.29) is 11.9 Å². The van der Waals surface area contributed by atoms with Crippen LogP contribution in [0.3, 0.4) is 0 Å². The maximum absolute atomic E-state index is 13.0. The Hall–Kier alpha value is -2.54. The molecule has 1 aromatic carbocycles. The van der Waals surface area contributed by atoms with E-state index in [1.165, 1.54) is 41.0 Å². The van der Waals surface area contributed by atoms with Gasteiger partial charge in [0, 0.05) is 20.6 Å². The number of unbranched alkanes of at least 4 members (excludes halogenated alkanes) is 5. The first kappa shape index (κ1) is 23.1. The van der Waals surface area contributed by atoms with E-state index < -0.39 is 6.04 Å². The molecule has 0 aromatic heterocycles. The SMILES string of the molecule is CCCCCCCC[N+]1=C(CN(C)Cc2ccccc2)N=C2C1C(=O)N(C)C(=O)N2C. The molecule has 3 rings (SSSR count). The first-order valence-corrected chi connectivity index (χ1v) is 11.4. The average Bonchev–Trinajstić information content (AvgIpc) is 3.12. The number of carbonyl (C=O) groups is 2. The maximum atomic E-state index is 13.0. The molecule has 1 atom stereocenters. The van der Waals surface area contributed by atoms with E-state index in [4.69, 9.17) is 4.99 Å². The van der Waals surface area contributed by atoms with Crippen molar-refractivity contribution >= 4 is 23.6 Å². The third-order valence-corrected chi connectivity index (χ3v) is 6.07. The molecule has 7 nitrogen and oxygen atoms in total. The van der Waals surface area contributed by atoms with E-state index in [1.807, 2.05) is 18.2 Å². The molecule has 168 valence electrons. The Kier molecular flexibility index (Phi) is 7.96. The Labute approximate surface area is 186 Å². The molecule has 1 saturated heterocycles. The minimum atomic E-state index is -0.497. The van der Waals surface area contributed by atoms with E-state index in [0.717, 1.165) is 31.8 Å². The second-order valence-electron chi connectivity index (χ2n) is 8.65. The lowest BCUT2D eigenvalue weighted by Crippen LogP contribution is -2.61. The second-order valence-corrected chi connectivity index (χ2v) is 8.65. The summed E-state index contributed by atoms with van der Waals surface area (Å²) in [4.78, 5) is 35.2. The van der Waals surface area contributed by atoms with Gasteiger partial charge in [-0.2, -0.15) is 0 Å². The predicted octanol–water partition coefficient (Wildman–Crippen LogP) is 3.19. The quantitative estimate of drug-likeness (QED) is 0.403. The van der Waals surface area contributed by atoms with Crippen LogP contribution in [-0.2, 0) is 11.3 Å². The number of benzene rings is 1. The molecule has 1 aromatic rings. The molecule has 31 heavy (non-hydrogen) atoms. The van der Waals surface area contributed by atoms with Crippen molar-refractivity contribution in [3.05, 3.63) is 35.9 Å². The highest BCUT2D eigenvalue weighted by Crippen LogP contribution is 2.20. The van der Waals surface area contributed by atoms with Gasteiger partial charge in [0.15, 0.2) is 0 Å². The maximum Gasteiger partial charge on any atom is 0.333 e. The van der Waals surface area contributed by atoms with Gasteiger partial charge in [0.2, 0.25) is 0 Å². The van der Waals surface area contributed by atoms with Gasteiger partial charge < -0.3 is 0 Å². The molecule has 3 amide bonds. The number of urea groups is 1. The average molecular weight is 427 g/mol. The number of likely N-dealkylation sites (N-methyl/N-ethyl adjacent to an activating group) is 3. The van der Waals surface area contributed by atoms with Crippen LogP contribution in [0.2, 0.25) is 0 Å². The number of hydrogen-bond acceptors (Lipinski definition) is 4. The van der Waals surface area contributed by atoms with Crippen molar-refractivity contribution in [3.63, 3.8) is 0 Å². The van der Waals surface area contributed by atoms with Gasteiger partial charge in [0.1, 0.15) is 6.54 Å². The van der Waals surface area contributed by atoms with Crippen molar-refractivity contribution in [2.24, 2.45) is 4.99 Å². The van der Waals surface area contributed by atoms with Crippen molar-refractivity contribution in [1.82, 2.24) is 14.7 Å². The van der Waals surface area contributed by atoms with Gasteiger partial charge in [0.25, 0.3) is 17.8 Å². The number of fused-ring (bicyclic) bond motifs is 1. The third-order valence-electron chi connectivity index (χ3n) is 6.07. The lowest BCUT2D eigenvalue weighted by molar-refractivity contribution is -0.537. The van der Waals surface area contributed by atoms with Crippen molar-refractivity contribution in [2.45, 2.75) is 58.0 Å². The Balaban J connectivity index is 1.76. The normalized spacial score (nSPS) is 18.9. The van der Waals surface area contributed by atoms with Crippen LogP contribution in [0.1, 0.15) is 51.0 Å². The van der Waals surface area contributed by atoms with E-state index >= 15 is 0 Å². The molecule has 0 N–H and O–H groups in total. The zero-order valence-electron chi connectivity index (χ0n) is 19.4. The van der Waals surface area contributed by atoms with Crippen molar-refractivity contribution in [2.75, 3.05) is 34.2 Å². The summed E-state index contributed by atoms with van der Waals surface area (Å²) in [5, 5.41) is 0. The van der Waals surface area contributed by atoms with Gasteiger partial charge in [-0.25, -0.2) is 9.37 Å². The highest BCUT2D eigenvalue weighted by atomic mass is 16.2. The van der Waals surface area contributed by atoms with Gasteiger partial charge in [-0.1, -0.05) is 62.9 Å². The van der Waals surface area contributed by atoms with Crippen molar-refractivity contribution < 1.29 is 14.2 Å². The van der Waals surface area contributed by atoms with E-state index in [0.29, 0.717) is 12.4 Å². The number of hydrogen-bond donors (Lipinski definition) is 0. The van der Waals surface area contributed by atoms with Crippen LogP contribution in [0.25, 0.3) is 0 Å². The van der Waals surface area contributed by atoms with Gasteiger partial charge in [-0.15, -0.1) is 0 Å². The van der Waals surface area contributed by atoms with Crippen LogP contribution < -0.4 is 0 Å². The zero-order chi connectivity index (χ0) is 22.4. The number of nitrogens with zero attached hydrogens (tertiary/aromatic N) is 5. The fourth-order valence-electron chi connectivity index (χ4n) is 4.29. The summed E-state index contributed by atoms with van der Waals surface area (Å²) in [6.45, 7) is 4.43. The highest BCUT2D eigenvalue weighted by Gasteiger charge is 2.52. The monoisotopic (exact) mass is 426 g/mol. The van der Waals surface area contributed by atoms with Crippen LogP contribution >= 0.6 is 0 Å². The fraction of sp³-hybridized carbons (Fsp3) is 0.583. The smallest absolute Gasteiger partial charge is 0.291 e. The largest absolute Gasteiger partial charge is 0.333 e. The van der Waals surface area contributed by atoms with Crippen molar-refractivity contribution in [1.29, 1.82) is 0 Å². The summed E-state index contributed by atoms with van der Waals surface area (Å²) in [5.74, 6) is 1.24. The van der Waals surface area contributed by atoms with Crippen LogP contribution in [0.4, 0.5) is 4.79 Å². The minimum Gasteiger partial charge on any atom is -0.291 e. The van der Waals surface area contributed by atoms with Crippen LogP contribution in [0, 0.1) is 0 Å². The van der Waals surface area contributed by atoms with Gasteiger partial charge in [-0.05, 0) is 30.4 Å². The molecule has 0 saturated carbocycles. The summed E-state index contributed by atoms with van der Waals surface area (Å²) >= 11 is 0. The lowest BCUT2D eigenvalue weighted by atomic mass is 10.1. The summed E-state index contributed by atoms with van der Waals surface area (Å²) in [5.41, 5.74) is 1.24. The summed E-state index contributed by atoms with van der Waals surface area (Å²) in [6, 6.07) is 9.51. The standard InChI is InChI=1S/C24H36N5O2/c1-5-6-7-8-9-13-16-29-20(18-26(2)17-19-14-11-10-12-15-19)25-22-21(29)23(30)28(4)24(31)27(22)3/h10-12,14-15,21H,5-9,13,16-18H2,1-4H3/q+1. The molecule has 2 aliphatic rings. The van der Waals surface area contributed by atoms with E-state index in [2.05, 4.69) is 35.6 Å². The molecule has 2 heterocycles. The summed E-state index contributed by atoms with van der Waals surface area (Å²) in [6.07, 6.45) is 7.15. The number of aliphatic imine (C=N–C) groups is 1. The van der Waals surface area contributed by atoms with Gasteiger partial charge in [0.05, 0.1) is 6.54 Å². The molecular formula is C24H36N5O2+. The number of amides is 3. The number of carbonyl (C=O) groups excluding carboxylic acids is 2. The Morgan fingerprint density at radius 2 is 1.65 bits per heavy atom. The minimum absolute atomic E-state index is 0.187. The Morgan fingerprint density at radius 1 is 0.968 bits per heavy atom. The molecular weight excluding hydrogens is 390 g/mol. The van der Waals surface area contributed by atoms with Gasteiger partial charge >= 0.3 is 11.9 Å². The molecule has 0 spiro atoms. The molecule has 0 bridgehead atoms. The molecule has 0 radical (unpaired) electrons. The van der Waals surface area contributed by atoms with Crippen molar-refractivity contribution in [3.8, 4) is 0 Å². The first-order chi connectivity index (χ1) is 14.9. The first-order valence-electron chi connectivity index (χ1n) is 11.4. The number of rotatable bonds is 11. The van der Waals surface area contributed by atoms with E-state index in [9.17, 15) is 9.59 Å². The highest BCUT2D eigenvalue weighted by molar-refractivity contribution is 6.23. The van der Waals surface area contributed by atoms with Crippen LogP contribution in [0.5, 0.6) is 0 Å². The Bertz CT molecular complexity index is 849. The predicted molar refractivity (Wildman–Crippen MR) is 123 cm³/mol. The fourth-order valence-corrected chi connectivity index (χ4v) is 4.29.